The second kappa shape index (κ2) is 11.1. The Hall–Kier alpha value is -3.21. The minimum Gasteiger partial charge on any atom is -0.496 e. The van der Waals surface area contributed by atoms with Crippen molar-refractivity contribution >= 4 is 30.3 Å². The third-order valence-corrected chi connectivity index (χ3v) is 5.29. The summed E-state index contributed by atoms with van der Waals surface area (Å²) in [5.74, 6) is 1.82. The molecule has 0 unspecified atom stereocenters. The van der Waals surface area contributed by atoms with Gasteiger partial charge in [0.25, 0.3) is 0 Å². The van der Waals surface area contributed by atoms with Gasteiger partial charge in [-0.25, -0.2) is 19.6 Å². The molecule has 0 amide bonds. The van der Waals surface area contributed by atoms with Gasteiger partial charge in [0.1, 0.15) is 17.9 Å². The van der Waals surface area contributed by atoms with Crippen molar-refractivity contribution in [2.45, 2.75) is 25.5 Å². The predicted octanol–water partition coefficient (Wildman–Crippen LogP) is 2.58. The highest BCUT2D eigenvalue weighted by Crippen LogP contribution is 2.27. The summed E-state index contributed by atoms with van der Waals surface area (Å²) in [6.45, 7) is 2.67. The lowest BCUT2D eigenvalue weighted by molar-refractivity contribution is 0.0792. The molecule has 1 aromatic carbocycles. The number of nitrogens with one attached hydrogen (secondary N) is 1. The molecule has 2 atom stereocenters. The van der Waals surface area contributed by atoms with Crippen molar-refractivity contribution in [1.82, 2.24) is 24.7 Å². The minimum atomic E-state index is -0.881. The van der Waals surface area contributed by atoms with Gasteiger partial charge in [-0.05, 0) is 17.7 Å². The number of rotatable bonds is 9. The molecular formula is C23H28N6O3S. The molecule has 3 heterocycles. The van der Waals surface area contributed by atoms with Crippen LogP contribution in [0.1, 0.15) is 18.4 Å². The van der Waals surface area contributed by atoms with E-state index in [2.05, 4.69) is 38.4 Å². The summed E-state index contributed by atoms with van der Waals surface area (Å²) in [4.78, 5) is 13.2. The number of methoxy groups -OCH3 is 1. The predicted molar refractivity (Wildman–Crippen MR) is 132 cm³/mol. The van der Waals surface area contributed by atoms with E-state index < -0.39 is 6.10 Å². The molecule has 0 aliphatic carbocycles. The molecule has 3 N–H and O–H groups in total. The molecule has 4 aromatic rings. The monoisotopic (exact) mass is 468 g/mol. The van der Waals surface area contributed by atoms with Crippen molar-refractivity contribution in [2.24, 2.45) is 0 Å². The number of aliphatic hydroxyl groups is 2. The Morgan fingerprint density at radius 2 is 1.94 bits per heavy atom. The van der Waals surface area contributed by atoms with Gasteiger partial charge in [-0.2, -0.15) is 18.6 Å². The van der Waals surface area contributed by atoms with Crippen LogP contribution in [0.5, 0.6) is 5.75 Å². The lowest BCUT2D eigenvalue weighted by atomic mass is 10.00. The number of hydrogen-bond donors (Lipinski definition) is 3. The van der Waals surface area contributed by atoms with Crippen molar-refractivity contribution in [3.8, 4) is 17.0 Å². The maximum absolute atomic E-state index is 9.67. The number of aliphatic hydroxyl groups excluding tert-OH is 2. The molecule has 0 radical (unpaired) electrons. The zero-order valence-electron chi connectivity index (χ0n) is 18.5. The molecule has 0 aliphatic heterocycles. The SMILES string of the molecule is COc1ccccc1[C@H](C)CNc1cc(-c2cnc3c(cnn3C[C@@H](O)CO)c2)ncn1.S. The first-order chi connectivity index (χ1) is 15.6. The first-order valence-corrected chi connectivity index (χ1v) is 10.4. The molecule has 0 aliphatic rings. The smallest absolute Gasteiger partial charge is 0.157 e. The quantitative estimate of drug-likeness (QED) is 0.343. The largest absolute Gasteiger partial charge is 0.496 e. The van der Waals surface area contributed by atoms with E-state index in [9.17, 15) is 5.11 Å². The first-order valence-electron chi connectivity index (χ1n) is 10.4. The number of nitrogens with zero attached hydrogens (tertiary/aromatic N) is 5. The lowest BCUT2D eigenvalue weighted by Gasteiger charge is -2.16. The van der Waals surface area contributed by atoms with Gasteiger partial charge in [0.15, 0.2) is 5.65 Å². The van der Waals surface area contributed by atoms with Gasteiger partial charge in [-0.15, -0.1) is 0 Å². The summed E-state index contributed by atoms with van der Waals surface area (Å²) in [5.41, 5.74) is 3.35. The van der Waals surface area contributed by atoms with Gasteiger partial charge < -0.3 is 20.3 Å². The van der Waals surface area contributed by atoms with Gasteiger partial charge in [0, 0.05) is 35.7 Å². The van der Waals surface area contributed by atoms with Gasteiger partial charge in [0.05, 0.1) is 38.3 Å². The van der Waals surface area contributed by atoms with Crippen LogP contribution in [0.15, 0.2) is 55.1 Å². The zero-order chi connectivity index (χ0) is 22.5. The minimum absolute atomic E-state index is 0. The summed E-state index contributed by atoms with van der Waals surface area (Å²) in [5, 5.41) is 27.2. The van der Waals surface area contributed by atoms with Crippen molar-refractivity contribution in [3.63, 3.8) is 0 Å². The Bertz CT molecular complexity index is 1200. The van der Waals surface area contributed by atoms with Crippen molar-refractivity contribution in [2.75, 3.05) is 25.6 Å². The molecule has 0 spiro atoms. The van der Waals surface area contributed by atoms with Crippen LogP contribution in [0.4, 0.5) is 5.82 Å². The van der Waals surface area contributed by atoms with Crippen LogP contribution in [0.3, 0.4) is 0 Å². The Labute approximate surface area is 198 Å². The Morgan fingerprint density at radius 1 is 1.12 bits per heavy atom. The van der Waals surface area contributed by atoms with Crippen molar-refractivity contribution in [3.05, 3.63) is 60.7 Å². The number of ether oxygens (including phenoxy) is 1. The van der Waals surface area contributed by atoms with Crippen LogP contribution < -0.4 is 10.1 Å². The molecule has 174 valence electrons. The third-order valence-electron chi connectivity index (χ3n) is 5.29. The highest BCUT2D eigenvalue weighted by molar-refractivity contribution is 7.59. The molecule has 0 fully saturated rings. The third kappa shape index (κ3) is 5.59. The summed E-state index contributed by atoms with van der Waals surface area (Å²) < 4.78 is 7.04. The van der Waals surface area contributed by atoms with E-state index in [1.54, 1.807) is 24.2 Å². The number of para-hydroxylation sites is 1. The van der Waals surface area contributed by atoms with Crippen LogP contribution in [0.2, 0.25) is 0 Å². The fraction of sp³-hybridized carbons (Fsp3) is 0.304. The first kappa shape index (κ1) is 24.4. The van der Waals surface area contributed by atoms with Crippen LogP contribution >= 0.6 is 13.5 Å². The fourth-order valence-electron chi connectivity index (χ4n) is 3.56. The van der Waals surface area contributed by atoms with Gasteiger partial charge >= 0.3 is 0 Å². The number of pyridine rings is 1. The Morgan fingerprint density at radius 3 is 2.73 bits per heavy atom. The Balaban J connectivity index is 0.00000306. The van der Waals surface area contributed by atoms with Crippen LogP contribution in [-0.2, 0) is 6.54 Å². The summed E-state index contributed by atoms with van der Waals surface area (Å²) in [6.07, 6.45) is 4.05. The zero-order valence-corrected chi connectivity index (χ0v) is 19.5. The van der Waals surface area contributed by atoms with E-state index in [4.69, 9.17) is 9.84 Å². The topological polar surface area (TPSA) is 118 Å². The summed E-state index contributed by atoms with van der Waals surface area (Å²) in [7, 11) is 1.68. The number of anilines is 1. The Kier molecular flexibility index (Phi) is 8.21. The average molecular weight is 469 g/mol. The van der Waals surface area contributed by atoms with E-state index >= 15 is 0 Å². The normalized spacial score (nSPS) is 12.7. The van der Waals surface area contributed by atoms with E-state index in [0.717, 1.165) is 33.8 Å². The van der Waals surface area contributed by atoms with Crippen LogP contribution in [0.25, 0.3) is 22.3 Å². The standard InChI is InChI=1S/C23H26N6O3.H2S/c1-15(19-5-3-4-6-21(19)32-2)9-24-22-8-20(26-14-27-22)16-7-17-11-28-29(12-18(31)13-30)23(17)25-10-16;/h3-8,10-11,14-15,18,30-31H,9,12-13H2,1-2H3,(H,24,26,27);1H2/t15-,18-;/m1./s1. The summed E-state index contributed by atoms with van der Waals surface area (Å²) in [6, 6.07) is 11.8. The number of aromatic nitrogens is 5. The van der Waals surface area contributed by atoms with E-state index in [0.29, 0.717) is 12.2 Å². The van der Waals surface area contributed by atoms with Crippen molar-refractivity contribution < 1.29 is 14.9 Å². The molecule has 0 saturated carbocycles. The molecule has 10 heteroatoms. The highest BCUT2D eigenvalue weighted by Gasteiger charge is 2.13. The molecule has 4 rings (SSSR count). The van der Waals surface area contributed by atoms with E-state index in [1.807, 2.05) is 30.3 Å². The molecule has 0 bridgehead atoms. The molecule has 3 aromatic heterocycles. The number of benzene rings is 1. The lowest BCUT2D eigenvalue weighted by Crippen LogP contribution is -2.20. The maximum atomic E-state index is 9.67. The van der Waals surface area contributed by atoms with Crippen molar-refractivity contribution in [1.29, 1.82) is 0 Å². The second-order valence-electron chi connectivity index (χ2n) is 7.61. The second-order valence-corrected chi connectivity index (χ2v) is 7.61. The number of fused-ring (bicyclic) bond motifs is 1. The van der Waals surface area contributed by atoms with Gasteiger partial charge in [0.2, 0.25) is 0 Å². The fourth-order valence-corrected chi connectivity index (χ4v) is 3.56. The molecule has 33 heavy (non-hydrogen) atoms. The number of hydrogen-bond acceptors (Lipinski definition) is 8. The van der Waals surface area contributed by atoms with Crippen LogP contribution in [-0.4, -0.2) is 61.3 Å². The highest BCUT2D eigenvalue weighted by atomic mass is 32.1. The molecule has 9 nitrogen and oxygen atoms in total. The molecular weight excluding hydrogens is 440 g/mol. The average Bonchev–Trinajstić information content (AvgIpc) is 3.24. The van der Waals surface area contributed by atoms with Gasteiger partial charge in [-0.1, -0.05) is 25.1 Å². The molecule has 0 saturated heterocycles. The summed E-state index contributed by atoms with van der Waals surface area (Å²) >= 11 is 0. The van der Waals surface area contributed by atoms with Gasteiger partial charge in [-0.3, -0.25) is 0 Å². The maximum Gasteiger partial charge on any atom is 0.157 e. The van der Waals surface area contributed by atoms with E-state index in [-0.39, 0.29) is 32.6 Å². The van der Waals surface area contributed by atoms with Crippen LogP contribution in [0, 0.1) is 0 Å². The van der Waals surface area contributed by atoms with E-state index in [1.165, 1.54) is 6.33 Å².